The molecule has 0 atom stereocenters. The predicted molar refractivity (Wildman–Crippen MR) is 59.1 cm³/mol. The molecule has 1 heterocycles. The molecule has 0 unspecified atom stereocenters. The summed E-state index contributed by atoms with van der Waals surface area (Å²) in [6, 6.07) is 5.64. The third kappa shape index (κ3) is 3.77. The maximum atomic E-state index is 8.54. The minimum absolute atomic E-state index is 0.462. The molecular weight excluding hydrogens is 194 g/mol. The van der Waals surface area contributed by atoms with Crippen molar-refractivity contribution < 1.29 is 0 Å². The van der Waals surface area contributed by atoms with E-state index in [2.05, 4.69) is 22.9 Å². The SMILES string of the molecule is N#Cc1ccc(CNCCCS)cn1. The van der Waals surface area contributed by atoms with Crippen LogP contribution in [0.25, 0.3) is 0 Å². The van der Waals surface area contributed by atoms with Gasteiger partial charge in [-0.05, 0) is 30.3 Å². The summed E-state index contributed by atoms with van der Waals surface area (Å²) < 4.78 is 0. The Bertz CT molecular complexity index is 302. The van der Waals surface area contributed by atoms with Gasteiger partial charge in [0.15, 0.2) is 0 Å². The summed E-state index contributed by atoms with van der Waals surface area (Å²) in [7, 11) is 0. The highest BCUT2D eigenvalue weighted by molar-refractivity contribution is 7.80. The number of nitriles is 1. The van der Waals surface area contributed by atoms with Gasteiger partial charge in [0, 0.05) is 12.7 Å². The fourth-order valence-electron chi connectivity index (χ4n) is 1.03. The van der Waals surface area contributed by atoms with Gasteiger partial charge in [0.1, 0.15) is 11.8 Å². The van der Waals surface area contributed by atoms with E-state index in [9.17, 15) is 0 Å². The maximum absolute atomic E-state index is 8.54. The number of thiol groups is 1. The van der Waals surface area contributed by atoms with Crippen molar-refractivity contribution in [3.63, 3.8) is 0 Å². The van der Waals surface area contributed by atoms with Crippen molar-refractivity contribution in [1.29, 1.82) is 5.26 Å². The fraction of sp³-hybridized carbons (Fsp3) is 0.400. The average Bonchev–Trinajstić information content (AvgIpc) is 2.25. The summed E-state index contributed by atoms with van der Waals surface area (Å²) in [4.78, 5) is 3.98. The Morgan fingerprint density at radius 3 is 2.93 bits per heavy atom. The van der Waals surface area contributed by atoms with Crippen LogP contribution in [0.3, 0.4) is 0 Å². The molecule has 1 rings (SSSR count). The van der Waals surface area contributed by atoms with Gasteiger partial charge in [-0.2, -0.15) is 17.9 Å². The van der Waals surface area contributed by atoms with E-state index in [0.717, 1.165) is 30.8 Å². The summed E-state index contributed by atoms with van der Waals surface area (Å²) in [5.41, 5.74) is 1.56. The van der Waals surface area contributed by atoms with E-state index >= 15 is 0 Å². The Morgan fingerprint density at radius 1 is 1.50 bits per heavy atom. The summed E-state index contributed by atoms with van der Waals surface area (Å²) in [5, 5.41) is 11.8. The van der Waals surface area contributed by atoms with Crippen LogP contribution in [0.5, 0.6) is 0 Å². The highest BCUT2D eigenvalue weighted by atomic mass is 32.1. The minimum Gasteiger partial charge on any atom is -0.313 e. The molecule has 74 valence electrons. The third-order valence-electron chi connectivity index (χ3n) is 1.78. The van der Waals surface area contributed by atoms with Crippen molar-refractivity contribution in [1.82, 2.24) is 10.3 Å². The van der Waals surface area contributed by atoms with Gasteiger partial charge in [-0.1, -0.05) is 6.07 Å². The first kappa shape index (κ1) is 11.0. The number of nitrogens with one attached hydrogen (secondary N) is 1. The molecule has 14 heavy (non-hydrogen) atoms. The lowest BCUT2D eigenvalue weighted by Crippen LogP contribution is -2.15. The molecule has 3 nitrogen and oxygen atoms in total. The minimum atomic E-state index is 0.462. The van der Waals surface area contributed by atoms with Gasteiger partial charge >= 0.3 is 0 Å². The van der Waals surface area contributed by atoms with E-state index in [1.807, 2.05) is 12.1 Å². The number of rotatable bonds is 5. The lowest BCUT2D eigenvalue weighted by atomic mass is 10.2. The van der Waals surface area contributed by atoms with Gasteiger partial charge in [-0.15, -0.1) is 0 Å². The molecule has 0 saturated heterocycles. The third-order valence-corrected chi connectivity index (χ3v) is 2.10. The van der Waals surface area contributed by atoms with Crippen LogP contribution in [-0.4, -0.2) is 17.3 Å². The van der Waals surface area contributed by atoms with E-state index in [4.69, 9.17) is 5.26 Å². The predicted octanol–water partition coefficient (Wildman–Crippen LogP) is 1.36. The van der Waals surface area contributed by atoms with Crippen molar-refractivity contribution >= 4 is 12.6 Å². The first-order valence-corrected chi connectivity index (χ1v) is 5.16. The first-order valence-electron chi connectivity index (χ1n) is 4.53. The van der Waals surface area contributed by atoms with Gasteiger partial charge in [0.25, 0.3) is 0 Å². The Kier molecular flexibility index (Phi) is 5.05. The molecule has 0 fully saturated rings. The zero-order chi connectivity index (χ0) is 10.2. The number of pyridine rings is 1. The lowest BCUT2D eigenvalue weighted by molar-refractivity contribution is 0.677. The second kappa shape index (κ2) is 6.41. The molecule has 0 amide bonds. The molecule has 1 aromatic rings. The monoisotopic (exact) mass is 207 g/mol. The van der Waals surface area contributed by atoms with Gasteiger partial charge in [0.2, 0.25) is 0 Å². The molecule has 0 radical (unpaired) electrons. The Morgan fingerprint density at radius 2 is 2.36 bits per heavy atom. The molecule has 1 N–H and O–H groups in total. The van der Waals surface area contributed by atoms with E-state index in [-0.39, 0.29) is 0 Å². The van der Waals surface area contributed by atoms with Gasteiger partial charge in [-0.3, -0.25) is 0 Å². The quantitative estimate of drug-likeness (QED) is 0.566. The molecule has 1 aromatic heterocycles. The zero-order valence-corrected chi connectivity index (χ0v) is 8.80. The summed E-state index contributed by atoms with van der Waals surface area (Å²) >= 11 is 4.12. The number of aromatic nitrogens is 1. The Labute approximate surface area is 89.6 Å². The molecule has 0 aliphatic heterocycles. The molecule has 0 aromatic carbocycles. The Balaban J connectivity index is 2.33. The van der Waals surface area contributed by atoms with Crippen LogP contribution in [0.1, 0.15) is 17.7 Å². The van der Waals surface area contributed by atoms with Crippen molar-refractivity contribution in [2.75, 3.05) is 12.3 Å². The molecule has 0 aliphatic carbocycles. The smallest absolute Gasteiger partial charge is 0.140 e. The fourth-order valence-corrected chi connectivity index (χ4v) is 1.19. The zero-order valence-electron chi connectivity index (χ0n) is 7.90. The van der Waals surface area contributed by atoms with Gasteiger partial charge in [0.05, 0.1) is 0 Å². The highest BCUT2D eigenvalue weighted by Gasteiger charge is 1.94. The first-order chi connectivity index (χ1) is 6.86. The summed E-state index contributed by atoms with van der Waals surface area (Å²) in [5.74, 6) is 0.901. The second-order valence-electron chi connectivity index (χ2n) is 2.92. The summed E-state index contributed by atoms with van der Waals surface area (Å²) in [6.07, 6.45) is 2.79. The number of nitrogens with zero attached hydrogens (tertiary/aromatic N) is 2. The standard InChI is InChI=1S/C10H13N3S/c11-6-10-3-2-9(8-13-10)7-12-4-1-5-14/h2-3,8,12,14H,1,4-5,7H2. The Hall–Kier alpha value is -1.05. The number of hydrogen-bond donors (Lipinski definition) is 2. The van der Waals surface area contributed by atoms with Crippen molar-refractivity contribution in [2.45, 2.75) is 13.0 Å². The molecule has 0 spiro atoms. The topological polar surface area (TPSA) is 48.7 Å². The molecule has 0 saturated carbocycles. The summed E-state index contributed by atoms with van der Waals surface area (Å²) in [6.45, 7) is 1.76. The molecular formula is C10H13N3S. The van der Waals surface area contributed by atoms with Crippen LogP contribution in [0, 0.1) is 11.3 Å². The van der Waals surface area contributed by atoms with E-state index < -0.39 is 0 Å². The van der Waals surface area contributed by atoms with Crippen LogP contribution >= 0.6 is 12.6 Å². The molecule has 0 bridgehead atoms. The van der Waals surface area contributed by atoms with Crippen LogP contribution in [-0.2, 0) is 6.54 Å². The van der Waals surface area contributed by atoms with E-state index in [1.165, 1.54) is 0 Å². The maximum Gasteiger partial charge on any atom is 0.140 e. The van der Waals surface area contributed by atoms with Crippen LogP contribution < -0.4 is 5.32 Å². The lowest BCUT2D eigenvalue weighted by Gasteiger charge is -2.02. The van der Waals surface area contributed by atoms with Crippen LogP contribution in [0.2, 0.25) is 0 Å². The van der Waals surface area contributed by atoms with E-state index in [1.54, 1.807) is 12.3 Å². The molecule has 0 aliphatic rings. The highest BCUT2D eigenvalue weighted by Crippen LogP contribution is 1.98. The molecule has 4 heteroatoms. The van der Waals surface area contributed by atoms with Crippen LogP contribution in [0.4, 0.5) is 0 Å². The van der Waals surface area contributed by atoms with Crippen molar-refractivity contribution in [3.8, 4) is 6.07 Å². The van der Waals surface area contributed by atoms with Crippen LogP contribution in [0.15, 0.2) is 18.3 Å². The van der Waals surface area contributed by atoms with Crippen molar-refractivity contribution in [3.05, 3.63) is 29.6 Å². The second-order valence-corrected chi connectivity index (χ2v) is 3.36. The van der Waals surface area contributed by atoms with E-state index in [0.29, 0.717) is 5.69 Å². The van der Waals surface area contributed by atoms with Gasteiger partial charge < -0.3 is 5.32 Å². The largest absolute Gasteiger partial charge is 0.313 e. The average molecular weight is 207 g/mol. The van der Waals surface area contributed by atoms with Gasteiger partial charge in [-0.25, -0.2) is 4.98 Å². The van der Waals surface area contributed by atoms with Crippen molar-refractivity contribution in [2.24, 2.45) is 0 Å². The number of hydrogen-bond acceptors (Lipinski definition) is 4. The normalized spacial score (nSPS) is 9.71.